The summed E-state index contributed by atoms with van der Waals surface area (Å²) in [4.78, 5) is 29.5. The van der Waals surface area contributed by atoms with Crippen molar-refractivity contribution in [1.82, 2.24) is 9.80 Å². The highest BCUT2D eigenvalue weighted by molar-refractivity contribution is 5.85. The minimum absolute atomic E-state index is 0.00773. The summed E-state index contributed by atoms with van der Waals surface area (Å²) in [6.45, 7) is 10.5. The highest BCUT2D eigenvalue weighted by Gasteiger charge is 2.23. The Morgan fingerprint density at radius 3 is 2.35 bits per heavy atom. The van der Waals surface area contributed by atoms with Gasteiger partial charge in [0.25, 0.3) is 0 Å². The highest BCUT2D eigenvalue weighted by atomic mass is 16.5. The minimum atomic E-state index is -0.0913. The van der Waals surface area contributed by atoms with Gasteiger partial charge in [-0.25, -0.2) is 0 Å². The van der Waals surface area contributed by atoms with Gasteiger partial charge in [0.15, 0.2) is 0 Å². The van der Waals surface area contributed by atoms with Crippen molar-refractivity contribution in [3.8, 4) is 0 Å². The highest BCUT2D eigenvalue weighted by Crippen LogP contribution is 2.14. The molecule has 1 heterocycles. The SMILES string of the molecule is CCOCCCN(CC(=O)N(Cc1ccccc1)Cc1ccc(C)o1)C(=O)CC(C)C. The van der Waals surface area contributed by atoms with E-state index in [9.17, 15) is 9.59 Å². The predicted octanol–water partition coefficient (Wildman–Crippen LogP) is 4.42. The van der Waals surface area contributed by atoms with E-state index in [0.29, 0.717) is 45.7 Å². The number of carbonyl (C=O) groups is 2. The molecule has 0 aliphatic carbocycles. The van der Waals surface area contributed by atoms with Crippen LogP contribution in [0.25, 0.3) is 0 Å². The molecule has 0 saturated heterocycles. The van der Waals surface area contributed by atoms with E-state index in [1.807, 2.05) is 70.2 Å². The maximum Gasteiger partial charge on any atom is 0.242 e. The number of benzene rings is 1. The fourth-order valence-electron chi connectivity index (χ4n) is 3.33. The van der Waals surface area contributed by atoms with Gasteiger partial charge in [0.1, 0.15) is 11.5 Å². The van der Waals surface area contributed by atoms with Crippen LogP contribution in [0.3, 0.4) is 0 Å². The lowest BCUT2D eigenvalue weighted by Crippen LogP contribution is -2.43. The molecular formula is C25H36N2O4. The van der Waals surface area contributed by atoms with Gasteiger partial charge in [-0.1, -0.05) is 44.2 Å². The van der Waals surface area contributed by atoms with Crippen LogP contribution in [0.1, 0.15) is 50.7 Å². The number of hydrogen-bond donors (Lipinski definition) is 0. The van der Waals surface area contributed by atoms with Gasteiger partial charge < -0.3 is 19.0 Å². The van der Waals surface area contributed by atoms with Crippen LogP contribution in [-0.4, -0.2) is 47.9 Å². The molecule has 0 saturated carbocycles. The third-order valence-corrected chi connectivity index (χ3v) is 4.89. The molecular weight excluding hydrogens is 392 g/mol. The van der Waals surface area contributed by atoms with Crippen molar-refractivity contribution in [2.75, 3.05) is 26.3 Å². The first-order chi connectivity index (χ1) is 14.9. The number of rotatable bonds is 13. The zero-order chi connectivity index (χ0) is 22.6. The molecule has 0 aliphatic heterocycles. The van der Waals surface area contributed by atoms with Crippen LogP contribution in [0, 0.1) is 12.8 Å². The molecule has 170 valence electrons. The molecule has 2 rings (SSSR count). The van der Waals surface area contributed by atoms with Gasteiger partial charge in [-0.2, -0.15) is 0 Å². The largest absolute Gasteiger partial charge is 0.464 e. The van der Waals surface area contributed by atoms with Gasteiger partial charge in [-0.3, -0.25) is 9.59 Å². The monoisotopic (exact) mass is 428 g/mol. The van der Waals surface area contributed by atoms with Crippen LogP contribution in [-0.2, 0) is 27.4 Å². The second-order valence-electron chi connectivity index (χ2n) is 8.21. The normalized spacial score (nSPS) is 11.0. The molecule has 1 aromatic heterocycles. The Morgan fingerprint density at radius 1 is 1.00 bits per heavy atom. The number of ether oxygens (including phenoxy) is 1. The third kappa shape index (κ3) is 8.97. The van der Waals surface area contributed by atoms with E-state index in [4.69, 9.17) is 9.15 Å². The molecule has 6 heteroatoms. The van der Waals surface area contributed by atoms with Crippen LogP contribution in [0.4, 0.5) is 0 Å². The predicted molar refractivity (Wildman–Crippen MR) is 121 cm³/mol. The van der Waals surface area contributed by atoms with Gasteiger partial charge in [-0.15, -0.1) is 0 Å². The van der Waals surface area contributed by atoms with Crippen molar-refractivity contribution in [2.45, 2.75) is 53.6 Å². The average molecular weight is 429 g/mol. The number of nitrogens with zero attached hydrogens (tertiary/aromatic N) is 2. The van der Waals surface area contributed by atoms with Gasteiger partial charge in [-0.05, 0) is 43.9 Å². The molecule has 0 radical (unpaired) electrons. The Balaban J connectivity index is 2.12. The van der Waals surface area contributed by atoms with Crippen molar-refractivity contribution in [3.63, 3.8) is 0 Å². The van der Waals surface area contributed by atoms with Crippen LogP contribution < -0.4 is 0 Å². The smallest absolute Gasteiger partial charge is 0.242 e. The fraction of sp³-hybridized carbons (Fsp3) is 0.520. The number of hydrogen-bond acceptors (Lipinski definition) is 4. The van der Waals surface area contributed by atoms with Crippen molar-refractivity contribution in [1.29, 1.82) is 0 Å². The molecule has 2 aromatic rings. The van der Waals surface area contributed by atoms with E-state index in [2.05, 4.69) is 0 Å². The summed E-state index contributed by atoms with van der Waals surface area (Å²) in [7, 11) is 0. The van der Waals surface area contributed by atoms with Crippen LogP contribution in [0.5, 0.6) is 0 Å². The summed E-state index contributed by atoms with van der Waals surface area (Å²) in [5, 5.41) is 0. The van der Waals surface area contributed by atoms with Crippen molar-refractivity contribution in [2.24, 2.45) is 5.92 Å². The molecule has 1 aromatic carbocycles. The summed E-state index contributed by atoms with van der Waals surface area (Å²) in [6.07, 6.45) is 1.14. The number of aryl methyl sites for hydroxylation is 1. The Kier molecular flexibility index (Phi) is 10.3. The zero-order valence-electron chi connectivity index (χ0n) is 19.3. The molecule has 0 fully saturated rings. The summed E-state index contributed by atoms with van der Waals surface area (Å²) in [5.74, 6) is 1.70. The lowest BCUT2D eigenvalue weighted by Gasteiger charge is -2.28. The quantitative estimate of drug-likeness (QED) is 0.443. The fourth-order valence-corrected chi connectivity index (χ4v) is 3.33. The van der Waals surface area contributed by atoms with Gasteiger partial charge in [0.2, 0.25) is 11.8 Å². The average Bonchev–Trinajstić information content (AvgIpc) is 3.14. The Morgan fingerprint density at radius 2 is 1.74 bits per heavy atom. The van der Waals surface area contributed by atoms with E-state index in [1.54, 1.807) is 9.80 Å². The summed E-state index contributed by atoms with van der Waals surface area (Å²) < 4.78 is 11.1. The summed E-state index contributed by atoms with van der Waals surface area (Å²) >= 11 is 0. The molecule has 0 bridgehead atoms. The lowest BCUT2D eigenvalue weighted by atomic mass is 10.1. The lowest BCUT2D eigenvalue weighted by molar-refractivity contribution is -0.142. The van der Waals surface area contributed by atoms with Gasteiger partial charge in [0, 0.05) is 32.7 Å². The third-order valence-electron chi connectivity index (χ3n) is 4.89. The maximum atomic E-state index is 13.3. The second-order valence-corrected chi connectivity index (χ2v) is 8.21. The molecule has 0 aliphatic rings. The van der Waals surface area contributed by atoms with Crippen LogP contribution in [0.2, 0.25) is 0 Å². The number of amides is 2. The first-order valence-corrected chi connectivity index (χ1v) is 11.1. The van der Waals surface area contributed by atoms with E-state index >= 15 is 0 Å². The zero-order valence-corrected chi connectivity index (χ0v) is 19.3. The molecule has 0 N–H and O–H groups in total. The van der Waals surface area contributed by atoms with Crippen molar-refractivity contribution in [3.05, 3.63) is 59.5 Å². The standard InChI is InChI=1S/C25H36N2O4/c1-5-30-15-9-14-26(24(28)16-20(2)3)19-25(29)27(17-22-10-7-6-8-11-22)18-23-13-12-21(4)31-23/h6-8,10-13,20H,5,9,14-19H2,1-4H3. The van der Waals surface area contributed by atoms with Crippen LogP contribution >= 0.6 is 0 Å². The maximum absolute atomic E-state index is 13.3. The first kappa shape index (κ1) is 24.7. The van der Waals surface area contributed by atoms with E-state index < -0.39 is 0 Å². The van der Waals surface area contributed by atoms with E-state index in [0.717, 1.165) is 17.1 Å². The Bertz CT molecular complexity index is 801. The topological polar surface area (TPSA) is 63.0 Å². The molecule has 31 heavy (non-hydrogen) atoms. The first-order valence-electron chi connectivity index (χ1n) is 11.1. The van der Waals surface area contributed by atoms with Crippen molar-refractivity contribution < 1.29 is 18.7 Å². The van der Waals surface area contributed by atoms with Gasteiger partial charge in [0.05, 0.1) is 13.1 Å². The Labute approximate surface area is 186 Å². The Hall–Kier alpha value is -2.60. The molecule has 6 nitrogen and oxygen atoms in total. The van der Waals surface area contributed by atoms with Crippen LogP contribution in [0.15, 0.2) is 46.9 Å². The van der Waals surface area contributed by atoms with E-state index in [-0.39, 0.29) is 24.3 Å². The van der Waals surface area contributed by atoms with E-state index in [1.165, 1.54) is 0 Å². The molecule has 0 unspecified atom stereocenters. The van der Waals surface area contributed by atoms with Gasteiger partial charge >= 0.3 is 0 Å². The minimum Gasteiger partial charge on any atom is -0.464 e. The second kappa shape index (κ2) is 13.0. The number of carbonyl (C=O) groups excluding carboxylic acids is 2. The molecule has 0 atom stereocenters. The molecule has 2 amide bonds. The summed E-state index contributed by atoms with van der Waals surface area (Å²) in [5.41, 5.74) is 1.04. The molecule has 0 spiro atoms. The number of furan rings is 1. The summed E-state index contributed by atoms with van der Waals surface area (Å²) in [6, 6.07) is 13.7. The van der Waals surface area contributed by atoms with Crippen molar-refractivity contribution >= 4 is 11.8 Å².